The third-order valence-electron chi connectivity index (χ3n) is 3.09. The Kier molecular flexibility index (Phi) is 5.46. The Labute approximate surface area is 133 Å². The Hall–Kier alpha value is -1.03. The van der Waals surface area contributed by atoms with Crippen LogP contribution in [0.3, 0.4) is 0 Å². The molecular weight excluding hydrogens is 338 g/mol. The summed E-state index contributed by atoms with van der Waals surface area (Å²) in [6.45, 7) is 1.63. The van der Waals surface area contributed by atoms with Gasteiger partial charge in [-0.1, -0.05) is 45.7 Å². The molecule has 0 aliphatic heterocycles. The van der Waals surface area contributed by atoms with Gasteiger partial charge in [-0.25, -0.2) is 0 Å². The standard InChI is InChI=1S/C16H17BrClNO/c1-19(10-12-5-3-4-6-16(12)18)11-13-9-14(20-2)7-8-15(13)17/h3-9H,10-11H2,1-2H3. The van der Waals surface area contributed by atoms with Gasteiger partial charge in [-0.05, 0) is 42.4 Å². The molecule has 0 unspecified atom stereocenters. The second kappa shape index (κ2) is 7.11. The molecule has 0 spiro atoms. The second-order valence-corrected chi connectivity index (χ2v) is 5.98. The van der Waals surface area contributed by atoms with Gasteiger partial charge < -0.3 is 4.74 Å². The highest BCUT2D eigenvalue weighted by atomic mass is 79.9. The summed E-state index contributed by atoms with van der Waals surface area (Å²) in [4.78, 5) is 2.22. The van der Waals surface area contributed by atoms with Crippen LogP contribution in [0, 0.1) is 0 Å². The summed E-state index contributed by atoms with van der Waals surface area (Å²) < 4.78 is 6.36. The van der Waals surface area contributed by atoms with Gasteiger partial charge in [-0.3, -0.25) is 4.90 Å². The first kappa shape index (κ1) is 15.4. The average Bonchev–Trinajstić information content (AvgIpc) is 2.44. The van der Waals surface area contributed by atoms with Gasteiger partial charge in [0.05, 0.1) is 7.11 Å². The number of ether oxygens (including phenoxy) is 1. The first-order chi connectivity index (χ1) is 9.60. The SMILES string of the molecule is COc1ccc(Br)c(CN(C)Cc2ccccc2Cl)c1. The van der Waals surface area contributed by atoms with Gasteiger partial charge in [0.1, 0.15) is 5.75 Å². The maximum Gasteiger partial charge on any atom is 0.119 e. The zero-order valence-corrected chi connectivity index (χ0v) is 13.9. The lowest BCUT2D eigenvalue weighted by atomic mass is 10.1. The van der Waals surface area contributed by atoms with E-state index < -0.39 is 0 Å². The third kappa shape index (κ3) is 3.98. The Bertz CT molecular complexity index is 588. The van der Waals surface area contributed by atoms with Crippen LogP contribution in [0.5, 0.6) is 5.75 Å². The monoisotopic (exact) mass is 353 g/mol. The van der Waals surface area contributed by atoms with E-state index >= 15 is 0 Å². The van der Waals surface area contributed by atoms with E-state index in [1.54, 1.807) is 7.11 Å². The fourth-order valence-corrected chi connectivity index (χ4v) is 2.63. The molecule has 0 atom stereocenters. The van der Waals surface area contributed by atoms with Gasteiger partial charge >= 0.3 is 0 Å². The summed E-state index contributed by atoms with van der Waals surface area (Å²) in [5.41, 5.74) is 2.33. The summed E-state index contributed by atoms with van der Waals surface area (Å²) in [7, 11) is 3.76. The normalized spacial score (nSPS) is 10.8. The highest BCUT2D eigenvalue weighted by Gasteiger charge is 2.08. The van der Waals surface area contributed by atoms with Crippen molar-refractivity contribution in [2.75, 3.05) is 14.2 Å². The quantitative estimate of drug-likeness (QED) is 0.769. The number of rotatable bonds is 5. The predicted molar refractivity (Wildman–Crippen MR) is 87.3 cm³/mol. The Morgan fingerprint density at radius 2 is 1.80 bits per heavy atom. The van der Waals surface area contributed by atoms with E-state index in [0.29, 0.717) is 0 Å². The lowest BCUT2D eigenvalue weighted by molar-refractivity contribution is 0.317. The molecule has 4 heteroatoms. The van der Waals surface area contributed by atoms with E-state index in [0.717, 1.165) is 33.9 Å². The number of hydrogen-bond donors (Lipinski definition) is 0. The molecule has 2 rings (SSSR count). The van der Waals surface area contributed by atoms with Crippen LogP contribution < -0.4 is 4.74 Å². The van der Waals surface area contributed by atoms with Crippen LogP contribution in [0.25, 0.3) is 0 Å². The molecule has 0 fully saturated rings. The van der Waals surface area contributed by atoms with Crippen LogP contribution in [-0.4, -0.2) is 19.1 Å². The Morgan fingerprint density at radius 3 is 2.50 bits per heavy atom. The summed E-state index contributed by atoms with van der Waals surface area (Å²) >= 11 is 9.77. The van der Waals surface area contributed by atoms with Crippen molar-refractivity contribution in [1.29, 1.82) is 0 Å². The molecule has 2 aromatic rings. The lowest BCUT2D eigenvalue weighted by Gasteiger charge is -2.19. The minimum absolute atomic E-state index is 0.809. The molecule has 0 aromatic heterocycles. The van der Waals surface area contributed by atoms with Gasteiger partial charge in [0, 0.05) is 22.6 Å². The zero-order chi connectivity index (χ0) is 14.5. The van der Waals surface area contributed by atoms with E-state index in [-0.39, 0.29) is 0 Å². The highest BCUT2D eigenvalue weighted by Crippen LogP contribution is 2.24. The molecule has 2 nitrogen and oxygen atoms in total. The topological polar surface area (TPSA) is 12.5 Å². The lowest BCUT2D eigenvalue weighted by Crippen LogP contribution is -2.17. The Balaban J connectivity index is 2.08. The Morgan fingerprint density at radius 1 is 1.10 bits per heavy atom. The molecule has 2 aromatic carbocycles. The molecule has 0 amide bonds. The van der Waals surface area contributed by atoms with Crippen molar-refractivity contribution in [3.63, 3.8) is 0 Å². The van der Waals surface area contributed by atoms with Crippen molar-refractivity contribution in [3.05, 3.63) is 63.1 Å². The number of hydrogen-bond acceptors (Lipinski definition) is 2. The van der Waals surface area contributed by atoms with E-state index in [2.05, 4.69) is 33.9 Å². The predicted octanol–water partition coefficient (Wildman–Crippen LogP) is 4.74. The minimum Gasteiger partial charge on any atom is -0.497 e. The van der Waals surface area contributed by atoms with Crippen molar-refractivity contribution in [2.24, 2.45) is 0 Å². The fourth-order valence-electron chi connectivity index (χ4n) is 2.06. The van der Waals surface area contributed by atoms with Crippen molar-refractivity contribution >= 4 is 27.5 Å². The summed E-state index contributed by atoms with van der Waals surface area (Å²) in [5, 5.41) is 0.809. The van der Waals surface area contributed by atoms with Crippen molar-refractivity contribution < 1.29 is 4.74 Å². The van der Waals surface area contributed by atoms with Crippen LogP contribution >= 0.6 is 27.5 Å². The van der Waals surface area contributed by atoms with Crippen molar-refractivity contribution in [2.45, 2.75) is 13.1 Å². The first-order valence-electron chi connectivity index (χ1n) is 6.34. The molecule has 0 saturated carbocycles. The molecule has 0 aliphatic carbocycles. The molecule has 20 heavy (non-hydrogen) atoms. The summed E-state index contributed by atoms with van der Waals surface area (Å²) in [5.74, 6) is 0.870. The molecule has 0 radical (unpaired) electrons. The van der Waals surface area contributed by atoms with E-state index in [1.165, 1.54) is 5.56 Å². The summed E-state index contributed by atoms with van der Waals surface area (Å²) in [6.07, 6.45) is 0. The van der Waals surface area contributed by atoms with E-state index in [9.17, 15) is 0 Å². The van der Waals surface area contributed by atoms with Crippen LogP contribution in [-0.2, 0) is 13.1 Å². The number of methoxy groups -OCH3 is 1. The number of halogens is 2. The third-order valence-corrected chi connectivity index (χ3v) is 4.23. The summed E-state index contributed by atoms with van der Waals surface area (Å²) in [6, 6.07) is 13.9. The average molecular weight is 355 g/mol. The molecule has 0 bridgehead atoms. The van der Waals surface area contributed by atoms with Crippen LogP contribution in [0.1, 0.15) is 11.1 Å². The number of benzene rings is 2. The largest absolute Gasteiger partial charge is 0.497 e. The maximum atomic E-state index is 6.19. The molecule has 106 valence electrons. The van der Waals surface area contributed by atoms with Crippen LogP contribution in [0.15, 0.2) is 46.9 Å². The van der Waals surface area contributed by atoms with E-state index in [1.807, 2.05) is 36.4 Å². The second-order valence-electron chi connectivity index (χ2n) is 4.72. The van der Waals surface area contributed by atoms with Crippen molar-refractivity contribution in [3.8, 4) is 5.75 Å². The van der Waals surface area contributed by atoms with Crippen molar-refractivity contribution in [1.82, 2.24) is 4.90 Å². The first-order valence-corrected chi connectivity index (χ1v) is 7.51. The van der Waals surface area contributed by atoms with E-state index in [4.69, 9.17) is 16.3 Å². The minimum atomic E-state index is 0.809. The van der Waals surface area contributed by atoms with Crippen LogP contribution in [0.4, 0.5) is 0 Å². The molecular formula is C16H17BrClNO. The molecule has 0 N–H and O–H groups in total. The van der Waals surface area contributed by atoms with Gasteiger partial charge in [0.2, 0.25) is 0 Å². The molecule has 0 heterocycles. The highest BCUT2D eigenvalue weighted by molar-refractivity contribution is 9.10. The van der Waals surface area contributed by atoms with Gasteiger partial charge in [-0.2, -0.15) is 0 Å². The maximum absolute atomic E-state index is 6.19. The van der Waals surface area contributed by atoms with Gasteiger partial charge in [-0.15, -0.1) is 0 Å². The molecule has 0 aliphatic rings. The smallest absolute Gasteiger partial charge is 0.119 e. The van der Waals surface area contributed by atoms with Crippen LogP contribution in [0.2, 0.25) is 5.02 Å². The molecule has 0 saturated heterocycles. The number of nitrogens with zero attached hydrogens (tertiary/aromatic N) is 1. The fraction of sp³-hybridized carbons (Fsp3) is 0.250. The van der Waals surface area contributed by atoms with Gasteiger partial charge in [0.15, 0.2) is 0 Å². The van der Waals surface area contributed by atoms with Gasteiger partial charge in [0.25, 0.3) is 0 Å². The zero-order valence-electron chi connectivity index (χ0n) is 11.6.